The maximum Gasteiger partial charge on any atom is 0.320 e. The van der Waals surface area contributed by atoms with Crippen molar-refractivity contribution in [2.24, 2.45) is 5.73 Å². The van der Waals surface area contributed by atoms with Crippen molar-refractivity contribution < 1.29 is 14.3 Å². The fourth-order valence-electron chi connectivity index (χ4n) is 0.857. The first-order chi connectivity index (χ1) is 7.07. The quantitative estimate of drug-likeness (QED) is 0.397. The fourth-order valence-corrected chi connectivity index (χ4v) is 0.857. The molecule has 0 bridgehead atoms. The molecule has 0 aliphatic carbocycles. The molecule has 0 saturated heterocycles. The lowest BCUT2D eigenvalue weighted by molar-refractivity contribution is -0.138. The lowest BCUT2D eigenvalue weighted by Gasteiger charge is -2.04. The highest BCUT2D eigenvalue weighted by Crippen LogP contribution is 2.07. The third-order valence-electron chi connectivity index (χ3n) is 1.73. The molecule has 0 saturated carbocycles. The average molecular weight is 290 g/mol. The molecule has 5 N–H and O–H groups in total. The van der Waals surface area contributed by atoms with Gasteiger partial charge in [0, 0.05) is 25.7 Å². The first kappa shape index (κ1) is 21.6. The predicted octanol–water partition coefficient (Wildman–Crippen LogP) is 1.11. The van der Waals surface area contributed by atoms with Crippen molar-refractivity contribution in [2.45, 2.75) is 18.9 Å². The molecule has 0 aliphatic rings. The number of rotatable bonds is 8. The lowest BCUT2D eigenvalue weighted by Crippen LogP contribution is -2.29. The van der Waals surface area contributed by atoms with Gasteiger partial charge in [-0.25, -0.2) is 4.39 Å². The number of hydrogen-bond donors (Lipinski definition) is 4. The molecule has 0 aromatic carbocycles. The number of carboxylic acid groups (broad SMARTS) is 1. The Bertz CT molecular complexity index is 252. The van der Waals surface area contributed by atoms with E-state index in [2.05, 4.69) is 5.32 Å². The van der Waals surface area contributed by atoms with Crippen LogP contribution in [0.3, 0.4) is 0 Å². The fraction of sp³-hybridized carbons (Fsp3) is 0.556. The van der Waals surface area contributed by atoms with Crippen molar-refractivity contribution in [3.05, 3.63) is 11.9 Å². The zero-order chi connectivity index (χ0) is 11.7. The van der Waals surface area contributed by atoms with Crippen molar-refractivity contribution in [1.29, 1.82) is 5.41 Å². The van der Waals surface area contributed by atoms with E-state index in [1.165, 1.54) is 12.3 Å². The molecule has 0 unspecified atom stereocenters. The Hall–Kier alpha value is -0.690. The predicted molar refractivity (Wildman–Crippen MR) is 70.2 cm³/mol. The van der Waals surface area contributed by atoms with Gasteiger partial charge in [0.15, 0.2) is 0 Å². The Morgan fingerprint density at radius 2 is 2.06 bits per heavy atom. The molecule has 0 amide bonds. The Kier molecular flexibility index (Phi) is 17.0. The largest absolute Gasteiger partial charge is 0.480 e. The van der Waals surface area contributed by atoms with Crippen LogP contribution in [0.1, 0.15) is 12.8 Å². The summed E-state index contributed by atoms with van der Waals surface area (Å²) in [6, 6.07) is -1.02. The number of aliphatic carboxylic acids is 1. The Morgan fingerprint density at radius 1 is 1.47 bits per heavy atom. The Labute approximate surface area is 112 Å². The molecule has 0 heterocycles. The van der Waals surface area contributed by atoms with Gasteiger partial charge in [-0.05, 0) is 12.5 Å². The second-order valence-electron chi connectivity index (χ2n) is 3.00. The van der Waals surface area contributed by atoms with E-state index in [1.54, 1.807) is 0 Å². The summed E-state index contributed by atoms with van der Waals surface area (Å²) in [6.07, 6.45) is 2.60. The van der Waals surface area contributed by atoms with Gasteiger partial charge in [0.05, 0.1) is 5.83 Å². The van der Waals surface area contributed by atoms with Gasteiger partial charge in [-0.2, -0.15) is 0 Å². The number of carboxylic acids is 1. The second kappa shape index (κ2) is 13.4. The van der Waals surface area contributed by atoms with Gasteiger partial charge in [0.2, 0.25) is 0 Å². The number of allylic oxidation sites excluding steroid dienone is 1. The van der Waals surface area contributed by atoms with Crippen molar-refractivity contribution >= 4 is 37.0 Å². The molecule has 102 valence electrons. The van der Waals surface area contributed by atoms with Crippen molar-refractivity contribution in [3.63, 3.8) is 0 Å². The van der Waals surface area contributed by atoms with Crippen LogP contribution in [0.5, 0.6) is 0 Å². The van der Waals surface area contributed by atoms with E-state index in [0.717, 1.165) is 0 Å². The van der Waals surface area contributed by atoms with E-state index in [-0.39, 0.29) is 43.5 Å². The van der Waals surface area contributed by atoms with Crippen molar-refractivity contribution in [1.82, 2.24) is 5.32 Å². The minimum Gasteiger partial charge on any atom is -0.480 e. The van der Waals surface area contributed by atoms with Crippen LogP contribution in [0, 0.1) is 5.41 Å². The molecule has 0 aromatic heterocycles. The monoisotopic (exact) mass is 289 g/mol. The van der Waals surface area contributed by atoms with Crippen molar-refractivity contribution in [2.75, 3.05) is 13.1 Å². The SMILES string of the molecule is Cl.Cl.N=CCNC/C=C(/F)CC[C@H](N)C(=O)O. The molecular formula is C9H18Cl2FN3O2. The van der Waals surface area contributed by atoms with Crippen LogP contribution in [0.15, 0.2) is 11.9 Å². The first-order valence-electron chi connectivity index (χ1n) is 4.60. The van der Waals surface area contributed by atoms with E-state index in [4.69, 9.17) is 16.2 Å². The standard InChI is InChI=1S/C9H16FN3O2.2ClH/c10-7(3-5-13-6-4-11)1-2-8(12)9(14)15;;/h3-4,8,11,13H,1-2,5-6,12H2,(H,14,15);2*1H/b7-3+,11-4?;;/t8-;;/m0../s1. The summed E-state index contributed by atoms with van der Waals surface area (Å²) in [5.74, 6) is -1.51. The van der Waals surface area contributed by atoms with Gasteiger partial charge < -0.3 is 21.6 Å². The molecular weight excluding hydrogens is 272 g/mol. The smallest absolute Gasteiger partial charge is 0.320 e. The third-order valence-corrected chi connectivity index (χ3v) is 1.73. The molecule has 5 nitrogen and oxygen atoms in total. The Morgan fingerprint density at radius 3 is 2.53 bits per heavy atom. The highest BCUT2D eigenvalue weighted by Gasteiger charge is 2.11. The highest BCUT2D eigenvalue weighted by molar-refractivity contribution is 5.85. The molecule has 8 heteroatoms. The van der Waals surface area contributed by atoms with Crippen LogP contribution in [0.4, 0.5) is 4.39 Å². The minimum atomic E-state index is -1.12. The lowest BCUT2D eigenvalue weighted by atomic mass is 10.1. The molecule has 0 spiro atoms. The summed E-state index contributed by atoms with van der Waals surface area (Å²) in [5, 5.41) is 17.9. The second-order valence-corrected chi connectivity index (χ2v) is 3.00. The topological polar surface area (TPSA) is 99.2 Å². The Balaban J connectivity index is -0.000000980. The van der Waals surface area contributed by atoms with Crippen molar-refractivity contribution in [3.8, 4) is 0 Å². The van der Waals surface area contributed by atoms with E-state index in [1.807, 2.05) is 0 Å². The first-order valence-corrected chi connectivity index (χ1v) is 4.60. The maximum atomic E-state index is 13.0. The van der Waals surface area contributed by atoms with Gasteiger partial charge in [-0.15, -0.1) is 24.8 Å². The number of hydrogen-bond acceptors (Lipinski definition) is 4. The molecule has 17 heavy (non-hydrogen) atoms. The summed E-state index contributed by atoms with van der Waals surface area (Å²) < 4.78 is 13.0. The number of carbonyl (C=O) groups is 1. The summed E-state index contributed by atoms with van der Waals surface area (Å²) >= 11 is 0. The number of halogens is 3. The van der Waals surface area contributed by atoms with Crippen LogP contribution < -0.4 is 11.1 Å². The highest BCUT2D eigenvalue weighted by atomic mass is 35.5. The molecule has 0 fully saturated rings. The summed E-state index contributed by atoms with van der Waals surface area (Å²) in [5.41, 5.74) is 5.20. The molecule has 0 aliphatic heterocycles. The third kappa shape index (κ3) is 13.2. The molecule has 0 rings (SSSR count). The average Bonchev–Trinajstić information content (AvgIpc) is 2.20. The number of nitrogens with two attached hydrogens (primary N) is 1. The van der Waals surface area contributed by atoms with Crippen LogP contribution in [0.25, 0.3) is 0 Å². The van der Waals surface area contributed by atoms with Gasteiger partial charge in [-0.3, -0.25) is 4.79 Å². The minimum absolute atomic E-state index is 0. The maximum absolute atomic E-state index is 13.0. The van der Waals surface area contributed by atoms with Gasteiger partial charge in [0.25, 0.3) is 0 Å². The van der Waals surface area contributed by atoms with Gasteiger partial charge in [-0.1, -0.05) is 0 Å². The summed E-state index contributed by atoms with van der Waals surface area (Å²) in [6.45, 7) is 0.710. The number of nitrogens with one attached hydrogen (secondary N) is 2. The van der Waals surface area contributed by atoms with Crippen LogP contribution in [0.2, 0.25) is 0 Å². The van der Waals surface area contributed by atoms with E-state index >= 15 is 0 Å². The van der Waals surface area contributed by atoms with Gasteiger partial charge in [0.1, 0.15) is 6.04 Å². The zero-order valence-corrected chi connectivity index (χ0v) is 10.8. The summed E-state index contributed by atoms with van der Waals surface area (Å²) in [7, 11) is 0. The van der Waals surface area contributed by atoms with Crippen LogP contribution >= 0.6 is 24.8 Å². The normalized spacial score (nSPS) is 12.0. The van der Waals surface area contributed by atoms with Gasteiger partial charge >= 0.3 is 5.97 Å². The zero-order valence-electron chi connectivity index (χ0n) is 9.19. The van der Waals surface area contributed by atoms with Crippen LogP contribution in [-0.4, -0.2) is 36.4 Å². The van der Waals surface area contributed by atoms with E-state index in [9.17, 15) is 9.18 Å². The molecule has 1 atom stereocenters. The van der Waals surface area contributed by atoms with E-state index in [0.29, 0.717) is 13.1 Å². The summed E-state index contributed by atoms with van der Waals surface area (Å²) in [4.78, 5) is 10.3. The van der Waals surface area contributed by atoms with Crippen LogP contribution in [-0.2, 0) is 4.79 Å². The molecule has 0 aromatic rings. The molecule has 0 radical (unpaired) electrons. The van der Waals surface area contributed by atoms with E-state index < -0.39 is 12.0 Å².